The smallest absolute Gasteiger partial charge is 0.410 e. The summed E-state index contributed by atoms with van der Waals surface area (Å²) in [6.07, 6.45) is 2.65. The van der Waals surface area contributed by atoms with Gasteiger partial charge in [-0.3, -0.25) is 5.32 Å². The molecule has 43 heavy (non-hydrogen) atoms. The van der Waals surface area contributed by atoms with Gasteiger partial charge in [0.05, 0.1) is 5.69 Å². The molecule has 7 rings (SSSR count). The lowest BCUT2D eigenvalue weighted by atomic mass is 10.1. The van der Waals surface area contributed by atoms with Gasteiger partial charge in [-0.25, -0.2) is 23.7 Å². The number of benzene rings is 2. The van der Waals surface area contributed by atoms with Crippen molar-refractivity contribution in [3.05, 3.63) is 107 Å². The Kier molecular flexibility index (Phi) is 6.53. The fourth-order valence-electron chi connectivity index (χ4n) is 6.16. The van der Waals surface area contributed by atoms with Gasteiger partial charge in [-0.1, -0.05) is 30.3 Å². The van der Waals surface area contributed by atoms with Gasteiger partial charge >= 0.3 is 6.09 Å². The summed E-state index contributed by atoms with van der Waals surface area (Å²) in [5.41, 5.74) is 8.16. The highest BCUT2D eigenvalue weighted by Crippen LogP contribution is 2.38. The second kappa shape index (κ2) is 10.5. The maximum absolute atomic E-state index is 13.9. The van der Waals surface area contributed by atoms with Crippen molar-refractivity contribution >= 4 is 23.4 Å². The fourth-order valence-corrected chi connectivity index (χ4v) is 6.16. The Hall–Kier alpha value is -5.25. The molecule has 1 atom stereocenters. The van der Waals surface area contributed by atoms with Crippen molar-refractivity contribution in [2.45, 2.75) is 20.4 Å². The molecule has 2 aliphatic rings. The Labute approximate surface area is 247 Å². The molecule has 1 fully saturated rings. The predicted molar refractivity (Wildman–Crippen MR) is 163 cm³/mol. The monoisotopic (exact) mass is 575 g/mol. The highest BCUT2D eigenvalue weighted by molar-refractivity contribution is 5.86. The average molecular weight is 576 g/mol. The van der Waals surface area contributed by atoms with E-state index in [1.807, 2.05) is 17.5 Å². The summed E-state index contributed by atoms with van der Waals surface area (Å²) in [5, 5.41) is 16.8. The highest BCUT2D eigenvalue weighted by Gasteiger charge is 2.35. The first-order chi connectivity index (χ1) is 20.8. The molecule has 5 heterocycles. The number of carbonyl (C=O) groups is 1. The molecule has 0 radical (unpaired) electrons. The average Bonchev–Trinajstić information content (AvgIpc) is 3.67. The zero-order chi connectivity index (χ0) is 29.7. The molecule has 3 aromatic heterocycles. The highest BCUT2D eigenvalue weighted by atomic mass is 19.1. The molecule has 9 nitrogen and oxygen atoms in total. The van der Waals surface area contributed by atoms with Crippen LogP contribution in [-0.2, 0) is 6.54 Å². The molecule has 2 aromatic carbocycles. The number of aromatic nitrogens is 4. The van der Waals surface area contributed by atoms with Gasteiger partial charge in [0, 0.05) is 66.7 Å². The van der Waals surface area contributed by atoms with Crippen molar-refractivity contribution in [3.63, 3.8) is 0 Å². The quantitative estimate of drug-likeness (QED) is 0.251. The molecule has 0 bridgehead atoms. The Balaban J connectivity index is 1.30. The molecule has 10 heteroatoms. The van der Waals surface area contributed by atoms with E-state index in [4.69, 9.17) is 10.1 Å². The first-order valence-corrected chi connectivity index (χ1v) is 14.2. The van der Waals surface area contributed by atoms with E-state index >= 15 is 0 Å². The Morgan fingerprint density at radius 3 is 2.56 bits per heavy atom. The van der Waals surface area contributed by atoms with Crippen LogP contribution in [0.15, 0.2) is 84.7 Å². The van der Waals surface area contributed by atoms with Crippen molar-refractivity contribution in [1.29, 1.82) is 0 Å². The lowest BCUT2D eigenvalue weighted by Crippen LogP contribution is -2.27. The number of pyridine rings is 1. The van der Waals surface area contributed by atoms with E-state index in [1.54, 1.807) is 30.5 Å². The first kappa shape index (κ1) is 26.6. The van der Waals surface area contributed by atoms with E-state index < -0.39 is 6.09 Å². The third-order valence-corrected chi connectivity index (χ3v) is 8.34. The van der Waals surface area contributed by atoms with Crippen LogP contribution < -0.4 is 10.2 Å². The van der Waals surface area contributed by atoms with Gasteiger partial charge < -0.3 is 14.9 Å². The van der Waals surface area contributed by atoms with Crippen LogP contribution in [0.4, 0.5) is 20.8 Å². The summed E-state index contributed by atoms with van der Waals surface area (Å²) in [4.78, 5) is 25.2. The number of anilines is 2. The molecule has 1 saturated heterocycles. The molecule has 1 unspecified atom stereocenters. The molecule has 0 aliphatic carbocycles. The van der Waals surface area contributed by atoms with Crippen molar-refractivity contribution in [2.24, 2.45) is 5.92 Å². The molecule has 216 valence electrons. The molecule has 5 aromatic rings. The topological polar surface area (TPSA) is 98.9 Å². The lowest BCUT2D eigenvalue weighted by Gasteiger charge is -2.23. The van der Waals surface area contributed by atoms with Gasteiger partial charge in [0.2, 0.25) is 0 Å². The Morgan fingerprint density at radius 2 is 1.81 bits per heavy atom. The van der Waals surface area contributed by atoms with E-state index in [0.29, 0.717) is 28.5 Å². The third kappa shape index (κ3) is 4.94. The van der Waals surface area contributed by atoms with Crippen LogP contribution in [0.1, 0.15) is 16.7 Å². The third-order valence-electron chi connectivity index (χ3n) is 8.34. The standard InChI is InChI=1S/C33H30FN7O2/c1-20-21(2)32(40-18-25-16-39(17-26(25)19-40)15-22-6-4-3-5-7-22)38-41-30(24-12-13-35-28(14-24)36-33(42)43)29(37-31(20)41)23-8-10-27(34)11-9-23/h3-14,16,26H,15,17-19H2,1-2H3,(H,35,36)(H,42,43). The number of hydrogen-bond donors (Lipinski definition) is 2. The second-order valence-electron chi connectivity index (χ2n) is 11.2. The minimum Gasteiger partial charge on any atom is -0.465 e. The number of nitrogens with zero attached hydrogens (tertiary/aromatic N) is 6. The van der Waals surface area contributed by atoms with Crippen molar-refractivity contribution in [1.82, 2.24) is 24.5 Å². The van der Waals surface area contributed by atoms with Crippen LogP contribution in [0.3, 0.4) is 0 Å². The van der Waals surface area contributed by atoms with Crippen molar-refractivity contribution in [2.75, 3.05) is 29.9 Å². The maximum Gasteiger partial charge on any atom is 0.410 e. The van der Waals surface area contributed by atoms with Crippen molar-refractivity contribution < 1.29 is 14.3 Å². The summed E-state index contributed by atoms with van der Waals surface area (Å²) in [6, 6.07) is 20.2. The number of amides is 1. The van der Waals surface area contributed by atoms with Crippen LogP contribution >= 0.6 is 0 Å². The van der Waals surface area contributed by atoms with Crippen molar-refractivity contribution in [3.8, 4) is 22.5 Å². The maximum atomic E-state index is 13.9. The summed E-state index contributed by atoms with van der Waals surface area (Å²) in [5.74, 6) is 1.17. The number of rotatable bonds is 6. The number of hydrogen-bond acceptors (Lipinski definition) is 6. The number of nitrogens with one attached hydrogen (secondary N) is 1. The zero-order valence-corrected chi connectivity index (χ0v) is 23.8. The summed E-state index contributed by atoms with van der Waals surface area (Å²) in [6.45, 7) is 7.66. The molecule has 1 amide bonds. The molecular weight excluding hydrogens is 545 g/mol. The van der Waals surface area contributed by atoms with E-state index in [1.165, 1.54) is 23.3 Å². The Morgan fingerprint density at radius 1 is 1.02 bits per heavy atom. The minimum atomic E-state index is -1.20. The van der Waals surface area contributed by atoms with Crippen LogP contribution in [0.2, 0.25) is 0 Å². The van der Waals surface area contributed by atoms with E-state index in [2.05, 4.69) is 57.5 Å². The van der Waals surface area contributed by atoms with Gasteiger partial charge in [-0.15, -0.1) is 5.10 Å². The minimum absolute atomic E-state index is 0.188. The Bertz CT molecular complexity index is 1890. The molecular formula is C33H30FN7O2. The number of aryl methyl sites for hydroxylation is 1. The van der Waals surface area contributed by atoms with Gasteiger partial charge in [-0.05, 0) is 61.4 Å². The van der Waals surface area contributed by atoms with Crippen LogP contribution in [0, 0.1) is 25.6 Å². The normalized spacial score (nSPS) is 16.1. The van der Waals surface area contributed by atoms with Crippen LogP contribution in [-0.4, -0.2) is 55.3 Å². The summed E-state index contributed by atoms with van der Waals surface area (Å²) >= 11 is 0. The molecule has 0 saturated carbocycles. The largest absolute Gasteiger partial charge is 0.465 e. The number of halogens is 1. The first-order valence-electron chi connectivity index (χ1n) is 14.2. The SMILES string of the molecule is Cc1c(N2CC3=CN(Cc4ccccc4)CC3C2)nn2c(-c3ccnc(NC(=O)O)c3)c(-c3ccc(F)cc3)nc2c1C. The molecule has 2 N–H and O–H groups in total. The van der Waals surface area contributed by atoms with E-state index in [-0.39, 0.29) is 11.6 Å². The van der Waals surface area contributed by atoms with E-state index in [0.717, 1.165) is 48.7 Å². The predicted octanol–water partition coefficient (Wildman–Crippen LogP) is 6.14. The van der Waals surface area contributed by atoms with E-state index in [9.17, 15) is 14.3 Å². The second-order valence-corrected chi connectivity index (χ2v) is 11.2. The summed E-state index contributed by atoms with van der Waals surface area (Å²) in [7, 11) is 0. The fraction of sp³-hybridized carbons (Fsp3) is 0.212. The van der Waals surface area contributed by atoms with Gasteiger partial charge in [0.15, 0.2) is 11.5 Å². The summed E-state index contributed by atoms with van der Waals surface area (Å²) < 4.78 is 15.7. The molecule has 0 spiro atoms. The lowest BCUT2D eigenvalue weighted by molar-refractivity contribution is 0.209. The van der Waals surface area contributed by atoms with Gasteiger partial charge in [0.1, 0.15) is 17.3 Å². The molecule has 2 aliphatic heterocycles. The van der Waals surface area contributed by atoms with Gasteiger partial charge in [-0.2, -0.15) is 0 Å². The van der Waals surface area contributed by atoms with Gasteiger partial charge in [0.25, 0.3) is 0 Å². The zero-order valence-electron chi connectivity index (χ0n) is 23.8. The number of carboxylic acid groups (broad SMARTS) is 1. The number of imidazole rings is 1. The van der Waals surface area contributed by atoms with Crippen LogP contribution in [0.5, 0.6) is 0 Å². The van der Waals surface area contributed by atoms with Crippen LogP contribution in [0.25, 0.3) is 28.2 Å². The number of fused-ring (bicyclic) bond motifs is 2.